The van der Waals surface area contributed by atoms with Crippen LogP contribution >= 0.6 is 7.82 Å². The molecule has 0 spiro atoms. The second kappa shape index (κ2) is 37.3. The smallest absolute Gasteiger partial charge is 0.462 e. The molecule has 9 heteroatoms. The number of allylic oxidation sites excluding steroid dienone is 4. The summed E-state index contributed by atoms with van der Waals surface area (Å²) in [6.07, 6.45) is 41.8. The highest BCUT2D eigenvalue weighted by atomic mass is 31.2. The van der Waals surface area contributed by atoms with Crippen LogP contribution in [0.25, 0.3) is 0 Å². The minimum Gasteiger partial charge on any atom is -0.462 e. The van der Waals surface area contributed by atoms with Gasteiger partial charge in [-0.25, -0.2) is 4.57 Å². The Labute approximate surface area is 307 Å². The third-order valence-electron chi connectivity index (χ3n) is 8.97. The Morgan fingerprint density at radius 3 is 1.36 bits per heavy atom. The molecule has 0 aromatic carbocycles. The Bertz CT molecular complexity index is 869. The van der Waals surface area contributed by atoms with Crippen molar-refractivity contribution >= 4 is 19.8 Å². The number of esters is 2. The van der Waals surface area contributed by atoms with E-state index in [1.165, 1.54) is 122 Å². The molecule has 0 heterocycles. The molecule has 0 unspecified atom stereocenters. The van der Waals surface area contributed by atoms with Crippen molar-refractivity contribution in [2.75, 3.05) is 13.2 Å². The number of phosphoric acid groups is 1. The van der Waals surface area contributed by atoms with Gasteiger partial charge in [-0.1, -0.05) is 173 Å². The summed E-state index contributed by atoms with van der Waals surface area (Å²) in [7, 11) is -4.75. The van der Waals surface area contributed by atoms with Gasteiger partial charge in [-0.3, -0.25) is 14.1 Å². The highest BCUT2D eigenvalue weighted by Gasteiger charge is 2.22. The van der Waals surface area contributed by atoms with Crippen molar-refractivity contribution in [2.24, 2.45) is 0 Å². The van der Waals surface area contributed by atoms with Gasteiger partial charge in [0.2, 0.25) is 0 Å². The van der Waals surface area contributed by atoms with Crippen LogP contribution in [-0.2, 0) is 28.2 Å². The minimum absolute atomic E-state index is 0.210. The Kier molecular flexibility index (Phi) is 36.2. The van der Waals surface area contributed by atoms with Crippen LogP contribution in [0.5, 0.6) is 0 Å². The van der Waals surface area contributed by atoms with Gasteiger partial charge < -0.3 is 19.3 Å². The van der Waals surface area contributed by atoms with Crippen molar-refractivity contribution < 1.29 is 37.9 Å². The first kappa shape index (κ1) is 48.5. The fourth-order valence-corrected chi connectivity index (χ4v) is 6.23. The highest BCUT2D eigenvalue weighted by molar-refractivity contribution is 7.46. The average Bonchev–Trinajstić information content (AvgIpc) is 3.08. The number of hydrogen-bond donors (Lipinski definition) is 2. The van der Waals surface area contributed by atoms with Crippen LogP contribution in [0.15, 0.2) is 24.3 Å². The molecule has 0 saturated heterocycles. The van der Waals surface area contributed by atoms with E-state index in [1.54, 1.807) is 0 Å². The van der Waals surface area contributed by atoms with Gasteiger partial charge in [-0.05, 0) is 44.9 Å². The van der Waals surface area contributed by atoms with Gasteiger partial charge in [-0.15, -0.1) is 0 Å². The maximum absolute atomic E-state index is 12.4. The molecule has 0 aliphatic carbocycles. The predicted octanol–water partition coefficient (Wildman–Crippen LogP) is 12.4. The first-order chi connectivity index (χ1) is 24.3. The lowest BCUT2D eigenvalue weighted by atomic mass is 10.0. The number of unbranched alkanes of at least 4 members (excludes halogenated alkanes) is 24. The molecule has 294 valence electrons. The SMILES string of the molecule is CCCCC/C=C/C/C=C/CCCCCCCCCCCC(=O)O[C@H](COC(=O)CCCCCCCCCCCCCCC)COP(=O)(O)O. The molecule has 0 saturated carbocycles. The van der Waals surface area contributed by atoms with E-state index in [1.807, 2.05) is 0 Å². The topological polar surface area (TPSA) is 119 Å². The second-order valence-electron chi connectivity index (χ2n) is 14.0. The first-order valence-electron chi connectivity index (χ1n) is 20.6. The van der Waals surface area contributed by atoms with Gasteiger partial charge in [0, 0.05) is 12.8 Å². The molecular weight excluding hydrogens is 651 g/mol. The zero-order valence-corrected chi connectivity index (χ0v) is 33.2. The zero-order valence-electron chi connectivity index (χ0n) is 32.3. The van der Waals surface area contributed by atoms with Crippen molar-refractivity contribution in [2.45, 2.75) is 213 Å². The van der Waals surface area contributed by atoms with Gasteiger partial charge in [0.1, 0.15) is 6.61 Å². The fourth-order valence-electron chi connectivity index (χ4n) is 5.87. The number of ether oxygens (including phenoxy) is 2. The maximum Gasteiger partial charge on any atom is 0.469 e. The third-order valence-corrected chi connectivity index (χ3v) is 9.46. The molecule has 0 rings (SSSR count). The molecule has 1 atom stereocenters. The van der Waals surface area contributed by atoms with Crippen molar-refractivity contribution in [1.82, 2.24) is 0 Å². The largest absolute Gasteiger partial charge is 0.469 e. The summed E-state index contributed by atoms with van der Waals surface area (Å²) in [6.45, 7) is 3.67. The first-order valence-corrected chi connectivity index (χ1v) is 22.2. The number of phosphoric ester groups is 1. The van der Waals surface area contributed by atoms with E-state index in [0.717, 1.165) is 51.4 Å². The van der Waals surface area contributed by atoms with Gasteiger partial charge in [0.15, 0.2) is 6.10 Å². The average molecular weight is 729 g/mol. The third kappa shape index (κ3) is 39.3. The van der Waals surface area contributed by atoms with Crippen LogP contribution in [0.3, 0.4) is 0 Å². The monoisotopic (exact) mass is 729 g/mol. The lowest BCUT2D eigenvalue weighted by Crippen LogP contribution is -2.29. The van der Waals surface area contributed by atoms with Crippen LogP contribution in [0.1, 0.15) is 206 Å². The van der Waals surface area contributed by atoms with Crippen molar-refractivity contribution in [3.8, 4) is 0 Å². The highest BCUT2D eigenvalue weighted by Crippen LogP contribution is 2.36. The predicted molar refractivity (Wildman–Crippen MR) is 207 cm³/mol. The lowest BCUT2D eigenvalue weighted by molar-refractivity contribution is -0.161. The molecular formula is C41H77O8P. The Balaban J connectivity index is 3.90. The minimum atomic E-state index is -4.75. The van der Waals surface area contributed by atoms with Gasteiger partial charge >= 0.3 is 19.8 Å². The summed E-state index contributed by atoms with van der Waals surface area (Å²) in [5, 5.41) is 0. The number of carbonyl (C=O) groups is 2. The van der Waals surface area contributed by atoms with Gasteiger partial charge in [0.05, 0.1) is 6.61 Å². The van der Waals surface area contributed by atoms with E-state index in [0.29, 0.717) is 6.42 Å². The summed E-state index contributed by atoms with van der Waals surface area (Å²) in [5.74, 6) is -0.882. The summed E-state index contributed by atoms with van der Waals surface area (Å²) in [4.78, 5) is 42.8. The van der Waals surface area contributed by atoms with Crippen LogP contribution in [0.4, 0.5) is 0 Å². The molecule has 0 amide bonds. The maximum atomic E-state index is 12.4. The molecule has 0 bridgehead atoms. The van der Waals surface area contributed by atoms with E-state index in [9.17, 15) is 14.2 Å². The van der Waals surface area contributed by atoms with Crippen molar-refractivity contribution in [1.29, 1.82) is 0 Å². The summed E-state index contributed by atoms with van der Waals surface area (Å²) in [6, 6.07) is 0. The Morgan fingerprint density at radius 2 is 0.900 bits per heavy atom. The Morgan fingerprint density at radius 1 is 0.520 bits per heavy atom. The zero-order chi connectivity index (χ0) is 36.8. The fraction of sp³-hybridized carbons (Fsp3) is 0.854. The van der Waals surface area contributed by atoms with Crippen molar-refractivity contribution in [3.05, 3.63) is 24.3 Å². The molecule has 0 aliphatic rings. The normalized spacial score (nSPS) is 12.6. The van der Waals surface area contributed by atoms with Crippen LogP contribution in [-0.4, -0.2) is 41.0 Å². The number of hydrogen-bond acceptors (Lipinski definition) is 6. The van der Waals surface area contributed by atoms with E-state index in [4.69, 9.17) is 19.3 Å². The lowest BCUT2D eigenvalue weighted by Gasteiger charge is -2.18. The standard InChI is InChI=1S/C41H77O8P/c1-3-5-7-9-11-13-15-17-18-19-20-21-22-24-26-28-30-32-34-36-41(43)49-39(38-48-50(44,45)46)37-47-40(42)35-33-31-29-27-25-23-16-14-12-10-8-6-4-2/h11,13,17-18,39H,3-10,12,14-16,19-38H2,1-2H3,(H2,44,45,46)/b13-11+,18-17+/t39-/m1/s1. The molecule has 0 aromatic rings. The number of carbonyl (C=O) groups excluding carboxylic acids is 2. The molecule has 0 fully saturated rings. The van der Waals surface area contributed by atoms with Gasteiger partial charge in [-0.2, -0.15) is 0 Å². The van der Waals surface area contributed by atoms with E-state index in [-0.39, 0.29) is 19.4 Å². The molecule has 8 nitrogen and oxygen atoms in total. The number of rotatable bonds is 38. The second-order valence-corrected chi connectivity index (χ2v) is 15.2. The summed E-state index contributed by atoms with van der Waals surface area (Å²) < 4.78 is 26.4. The van der Waals surface area contributed by atoms with Gasteiger partial charge in [0.25, 0.3) is 0 Å². The molecule has 0 radical (unpaired) electrons. The molecule has 2 N–H and O–H groups in total. The Hall–Kier alpha value is -1.47. The summed E-state index contributed by atoms with van der Waals surface area (Å²) >= 11 is 0. The molecule has 50 heavy (non-hydrogen) atoms. The van der Waals surface area contributed by atoms with Crippen molar-refractivity contribution in [3.63, 3.8) is 0 Å². The van der Waals surface area contributed by atoms with E-state index >= 15 is 0 Å². The molecule has 0 aliphatic heterocycles. The van der Waals surface area contributed by atoms with Crippen LogP contribution in [0, 0.1) is 0 Å². The molecule has 0 aromatic heterocycles. The van der Waals surface area contributed by atoms with Crippen LogP contribution in [0.2, 0.25) is 0 Å². The van der Waals surface area contributed by atoms with Crippen LogP contribution < -0.4 is 0 Å². The van der Waals surface area contributed by atoms with E-state index < -0.39 is 32.5 Å². The summed E-state index contributed by atoms with van der Waals surface area (Å²) in [5.41, 5.74) is 0. The van der Waals surface area contributed by atoms with E-state index in [2.05, 4.69) is 42.7 Å². The quantitative estimate of drug-likeness (QED) is 0.0279.